The zero-order valence-corrected chi connectivity index (χ0v) is 15.3. The van der Waals surface area contributed by atoms with Crippen molar-refractivity contribution in [3.63, 3.8) is 0 Å². The Hall–Kier alpha value is -0.910. The number of hydrogen-bond acceptors (Lipinski definition) is 5. The molecular formula is C15H29NO4S. The third-order valence-corrected chi connectivity index (χ3v) is 3.42. The molecule has 0 atom stereocenters. The standard InChI is InChI=1S/C15H29NO4S/c1-13(2,3)19-11(17)15(7,8)21-10-9-16-12(18)20-14(4,5)6/h9-10H2,1-8H3,(H,16,18). The van der Waals surface area contributed by atoms with Crippen LogP contribution in [0.1, 0.15) is 55.4 Å². The van der Waals surface area contributed by atoms with Crippen LogP contribution in [0.4, 0.5) is 4.79 Å². The van der Waals surface area contributed by atoms with Crippen molar-refractivity contribution in [1.82, 2.24) is 5.32 Å². The molecule has 0 aliphatic heterocycles. The first-order valence-electron chi connectivity index (χ1n) is 7.07. The van der Waals surface area contributed by atoms with E-state index in [0.29, 0.717) is 12.3 Å². The second-order valence-electron chi connectivity index (χ2n) is 7.29. The van der Waals surface area contributed by atoms with Crippen LogP contribution in [0, 0.1) is 0 Å². The summed E-state index contributed by atoms with van der Waals surface area (Å²) in [5, 5.41) is 2.66. The molecule has 0 aromatic carbocycles. The zero-order chi connectivity index (χ0) is 16.9. The van der Waals surface area contributed by atoms with Gasteiger partial charge >= 0.3 is 12.1 Å². The Morgan fingerprint density at radius 1 is 0.905 bits per heavy atom. The first-order chi connectivity index (χ1) is 9.23. The molecule has 0 spiro atoms. The van der Waals surface area contributed by atoms with Crippen molar-refractivity contribution in [3.8, 4) is 0 Å². The first kappa shape index (κ1) is 20.1. The van der Waals surface area contributed by atoms with E-state index in [1.54, 1.807) is 0 Å². The van der Waals surface area contributed by atoms with Crippen LogP contribution in [0.25, 0.3) is 0 Å². The Balaban J connectivity index is 4.11. The highest BCUT2D eigenvalue weighted by atomic mass is 32.2. The summed E-state index contributed by atoms with van der Waals surface area (Å²) in [5.74, 6) is 0.350. The Kier molecular flexibility index (Phi) is 7.06. The lowest BCUT2D eigenvalue weighted by Crippen LogP contribution is -2.38. The number of alkyl carbamates (subject to hydrolysis) is 1. The molecule has 0 aromatic heterocycles. The summed E-state index contributed by atoms with van der Waals surface area (Å²) in [7, 11) is 0. The Bertz CT molecular complexity index is 367. The largest absolute Gasteiger partial charge is 0.459 e. The third-order valence-electron chi connectivity index (χ3n) is 2.12. The molecule has 0 bridgehead atoms. The summed E-state index contributed by atoms with van der Waals surface area (Å²) in [5.41, 5.74) is -1.00. The Labute approximate surface area is 132 Å². The van der Waals surface area contributed by atoms with Crippen LogP contribution in [0.2, 0.25) is 0 Å². The van der Waals surface area contributed by atoms with Crippen LogP contribution >= 0.6 is 11.8 Å². The molecule has 0 aliphatic carbocycles. The van der Waals surface area contributed by atoms with Crippen molar-refractivity contribution in [2.24, 2.45) is 0 Å². The van der Waals surface area contributed by atoms with Gasteiger partial charge in [-0.3, -0.25) is 4.79 Å². The maximum absolute atomic E-state index is 12.0. The predicted octanol–water partition coefficient (Wildman–Crippen LogP) is 3.36. The number of rotatable bonds is 5. The van der Waals surface area contributed by atoms with E-state index in [1.165, 1.54) is 11.8 Å². The van der Waals surface area contributed by atoms with Crippen LogP contribution < -0.4 is 5.32 Å². The van der Waals surface area contributed by atoms with Crippen molar-refractivity contribution in [2.75, 3.05) is 12.3 Å². The van der Waals surface area contributed by atoms with Crippen molar-refractivity contribution in [1.29, 1.82) is 0 Å². The van der Waals surface area contributed by atoms with Gasteiger partial charge in [-0.05, 0) is 55.4 Å². The molecule has 5 nitrogen and oxygen atoms in total. The van der Waals surface area contributed by atoms with E-state index < -0.39 is 22.0 Å². The number of hydrogen-bond donors (Lipinski definition) is 1. The SMILES string of the molecule is CC(C)(C)OC(=O)NCCSC(C)(C)C(=O)OC(C)(C)C. The van der Waals surface area contributed by atoms with Gasteiger partial charge in [0.25, 0.3) is 0 Å². The molecule has 0 radical (unpaired) electrons. The van der Waals surface area contributed by atoms with Crippen LogP contribution in [0.3, 0.4) is 0 Å². The monoisotopic (exact) mass is 319 g/mol. The number of ether oxygens (including phenoxy) is 2. The molecule has 0 saturated heterocycles. The minimum absolute atomic E-state index is 0.253. The molecule has 0 heterocycles. The van der Waals surface area contributed by atoms with Gasteiger partial charge in [0.1, 0.15) is 15.9 Å². The van der Waals surface area contributed by atoms with Crippen molar-refractivity contribution in [2.45, 2.75) is 71.3 Å². The lowest BCUT2D eigenvalue weighted by atomic mass is 10.1. The Morgan fingerprint density at radius 2 is 1.38 bits per heavy atom. The second-order valence-corrected chi connectivity index (χ2v) is 9.01. The van der Waals surface area contributed by atoms with Gasteiger partial charge in [-0.1, -0.05) is 0 Å². The zero-order valence-electron chi connectivity index (χ0n) is 14.5. The third kappa shape index (κ3) is 10.5. The average molecular weight is 319 g/mol. The average Bonchev–Trinajstić information content (AvgIpc) is 2.19. The van der Waals surface area contributed by atoms with Gasteiger partial charge in [0.15, 0.2) is 0 Å². The number of nitrogens with one attached hydrogen (secondary N) is 1. The van der Waals surface area contributed by atoms with Crippen molar-refractivity contribution in [3.05, 3.63) is 0 Å². The fourth-order valence-corrected chi connectivity index (χ4v) is 2.11. The van der Waals surface area contributed by atoms with E-state index in [4.69, 9.17) is 9.47 Å². The van der Waals surface area contributed by atoms with Gasteiger partial charge in [-0.25, -0.2) is 4.79 Å². The van der Waals surface area contributed by atoms with Crippen molar-refractivity contribution >= 4 is 23.8 Å². The molecule has 124 valence electrons. The molecule has 0 unspecified atom stereocenters. The quantitative estimate of drug-likeness (QED) is 0.622. The number of amides is 1. The predicted molar refractivity (Wildman–Crippen MR) is 86.6 cm³/mol. The van der Waals surface area contributed by atoms with Crippen LogP contribution in [0.5, 0.6) is 0 Å². The molecule has 1 amide bonds. The summed E-state index contributed by atoms with van der Waals surface area (Å²) in [6.07, 6.45) is -0.446. The van der Waals surface area contributed by atoms with Crippen molar-refractivity contribution < 1.29 is 19.1 Å². The topological polar surface area (TPSA) is 64.6 Å². The second kappa shape index (κ2) is 7.38. The molecule has 6 heteroatoms. The molecule has 0 fully saturated rings. The maximum Gasteiger partial charge on any atom is 0.407 e. The fraction of sp³-hybridized carbons (Fsp3) is 0.867. The number of thioether (sulfide) groups is 1. The summed E-state index contributed by atoms with van der Waals surface area (Å²) in [6, 6.07) is 0. The molecule has 0 saturated carbocycles. The minimum atomic E-state index is -0.650. The molecule has 1 N–H and O–H groups in total. The van der Waals surface area contributed by atoms with E-state index in [-0.39, 0.29) is 5.97 Å². The van der Waals surface area contributed by atoms with Gasteiger partial charge in [-0.15, -0.1) is 11.8 Å². The normalized spacial score (nSPS) is 12.8. The smallest absolute Gasteiger partial charge is 0.407 e. The highest BCUT2D eigenvalue weighted by Gasteiger charge is 2.32. The summed E-state index contributed by atoms with van der Waals surface area (Å²) < 4.78 is 9.86. The Morgan fingerprint density at radius 3 is 1.81 bits per heavy atom. The van der Waals surface area contributed by atoms with Crippen LogP contribution in [0.15, 0.2) is 0 Å². The molecule has 21 heavy (non-hydrogen) atoms. The highest BCUT2D eigenvalue weighted by molar-refractivity contribution is 8.01. The minimum Gasteiger partial charge on any atom is -0.459 e. The van der Waals surface area contributed by atoms with E-state index >= 15 is 0 Å². The van der Waals surface area contributed by atoms with Gasteiger partial charge in [0.2, 0.25) is 0 Å². The molecule has 0 rings (SSSR count). The van der Waals surface area contributed by atoms with Gasteiger partial charge < -0.3 is 14.8 Å². The maximum atomic E-state index is 12.0. The van der Waals surface area contributed by atoms with Gasteiger partial charge in [0.05, 0.1) is 0 Å². The number of carbonyl (C=O) groups excluding carboxylic acids is 2. The highest BCUT2D eigenvalue weighted by Crippen LogP contribution is 2.27. The number of carbonyl (C=O) groups is 2. The summed E-state index contributed by atoms with van der Waals surface area (Å²) in [4.78, 5) is 23.5. The van der Waals surface area contributed by atoms with E-state index in [9.17, 15) is 9.59 Å². The van der Waals surface area contributed by atoms with Crippen LogP contribution in [-0.2, 0) is 14.3 Å². The van der Waals surface area contributed by atoms with E-state index in [1.807, 2.05) is 55.4 Å². The molecular weight excluding hydrogens is 290 g/mol. The lowest BCUT2D eigenvalue weighted by Gasteiger charge is -2.28. The summed E-state index contributed by atoms with van der Waals surface area (Å²) in [6.45, 7) is 15.0. The fourth-order valence-electron chi connectivity index (χ4n) is 1.23. The van der Waals surface area contributed by atoms with E-state index in [2.05, 4.69) is 5.32 Å². The van der Waals surface area contributed by atoms with E-state index in [0.717, 1.165) is 0 Å². The first-order valence-corrected chi connectivity index (χ1v) is 8.06. The van der Waals surface area contributed by atoms with Gasteiger partial charge in [-0.2, -0.15) is 0 Å². The molecule has 0 aromatic rings. The molecule has 0 aliphatic rings. The lowest BCUT2D eigenvalue weighted by molar-refractivity contribution is -0.156. The van der Waals surface area contributed by atoms with Gasteiger partial charge in [0, 0.05) is 12.3 Å². The summed E-state index contributed by atoms with van der Waals surface area (Å²) >= 11 is 1.44. The van der Waals surface area contributed by atoms with Crippen LogP contribution in [-0.4, -0.2) is 40.3 Å². The number of esters is 1.